The van der Waals surface area contributed by atoms with Gasteiger partial charge in [-0.2, -0.15) is 0 Å². The van der Waals surface area contributed by atoms with E-state index in [-0.39, 0.29) is 35.0 Å². The minimum absolute atomic E-state index is 0.0543. The quantitative estimate of drug-likeness (QED) is 0.147. The van der Waals surface area contributed by atoms with Crippen molar-refractivity contribution in [1.82, 2.24) is 14.9 Å². The number of aliphatic imine (C=N–C) groups is 1. The van der Waals surface area contributed by atoms with E-state index in [0.717, 1.165) is 29.0 Å². The van der Waals surface area contributed by atoms with Crippen LogP contribution in [-0.2, 0) is 6.42 Å². The van der Waals surface area contributed by atoms with Crippen molar-refractivity contribution in [2.75, 3.05) is 36.4 Å². The number of unbranched alkanes of at least 4 members (excludes halogenated alkanes) is 1. The van der Waals surface area contributed by atoms with Crippen LogP contribution < -0.4 is 34.0 Å². The van der Waals surface area contributed by atoms with Crippen LogP contribution in [-0.4, -0.2) is 52.3 Å². The van der Waals surface area contributed by atoms with Crippen LogP contribution in [0.1, 0.15) is 28.9 Å². The van der Waals surface area contributed by atoms with Gasteiger partial charge in [0.05, 0.1) is 6.54 Å². The summed E-state index contributed by atoms with van der Waals surface area (Å²) >= 11 is 5.85. The molecule has 2 aromatic rings. The Morgan fingerprint density at radius 3 is 2.53 bits per heavy atom. The van der Waals surface area contributed by atoms with Gasteiger partial charge >= 0.3 is 0 Å². The van der Waals surface area contributed by atoms with E-state index in [2.05, 4.69) is 20.3 Å². The first-order valence-electron chi connectivity index (χ1n) is 9.82. The van der Waals surface area contributed by atoms with Crippen LogP contribution in [0.3, 0.4) is 0 Å². The number of anilines is 3. The lowest BCUT2D eigenvalue weighted by Crippen LogP contribution is -2.42. The molecule has 0 atom stereocenters. The highest BCUT2D eigenvalue weighted by atomic mass is 35.5. The minimum Gasteiger partial charge on any atom is -0.383 e. The number of hydrogen-bond acceptors (Lipinski definition) is 8. The number of nitrogens with one attached hydrogen (secondary N) is 2. The number of amides is 1. The molecule has 12 nitrogen and oxygen atoms in total. The summed E-state index contributed by atoms with van der Waals surface area (Å²) < 4.78 is 0. The molecular formula is C19H28ClN11O. The van der Waals surface area contributed by atoms with E-state index < -0.39 is 11.9 Å². The average Bonchev–Trinajstić information content (AvgIpc) is 2.73. The molecule has 172 valence electrons. The predicted octanol–water partition coefficient (Wildman–Crippen LogP) is 0.338. The van der Waals surface area contributed by atoms with E-state index in [1.165, 1.54) is 0 Å². The zero-order valence-corrected chi connectivity index (χ0v) is 18.3. The monoisotopic (exact) mass is 461 g/mol. The largest absolute Gasteiger partial charge is 0.383 e. The van der Waals surface area contributed by atoms with E-state index >= 15 is 0 Å². The van der Waals surface area contributed by atoms with Gasteiger partial charge in [-0.05, 0) is 30.9 Å². The lowest BCUT2D eigenvalue weighted by Gasteiger charge is -2.21. The van der Waals surface area contributed by atoms with E-state index in [0.29, 0.717) is 19.5 Å². The molecule has 0 saturated carbocycles. The first-order valence-corrected chi connectivity index (χ1v) is 10.2. The van der Waals surface area contributed by atoms with E-state index in [1.807, 2.05) is 24.3 Å². The topological polar surface area (TPSA) is 224 Å². The first kappa shape index (κ1) is 24.5. The molecule has 0 bridgehead atoms. The van der Waals surface area contributed by atoms with Crippen molar-refractivity contribution in [1.29, 1.82) is 5.41 Å². The number of nitrogens with two attached hydrogens (primary N) is 5. The minimum atomic E-state index is -0.661. The van der Waals surface area contributed by atoms with Gasteiger partial charge in [-0.3, -0.25) is 20.1 Å². The summed E-state index contributed by atoms with van der Waals surface area (Å²) in [6.45, 7) is 1.26. The average molecular weight is 462 g/mol. The molecule has 13 heteroatoms. The second kappa shape index (κ2) is 11.6. The molecule has 1 amide bonds. The maximum absolute atomic E-state index is 12.8. The molecule has 0 fully saturated rings. The van der Waals surface area contributed by atoms with Crippen LogP contribution in [0.4, 0.5) is 17.3 Å². The number of carbonyl (C=O) groups excluding carboxylic acids is 1. The van der Waals surface area contributed by atoms with Crippen LogP contribution >= 0.6 is 11.6 Å². The Kier molecular flexibility index (Phi) is 8.83. The highest BCUT2D eigenvalue weighted by Crippen LogP contribution is 2.20. The lowest BCUT2D eigenvalue weighted by molar-refractivity contribution is 0.0838. The highest BCUT2D eigenvalue weighted by molar-refractivity contribution is 6.31. The highest BCUT2D eigenvalue weighted by Gasteiger charge is 2.24. The Bertz CT molecular complexity index is 991. The van der Waals surface area contributed by atoms with Crippen LogP contribution in [0.25, 0.3) is 0 Å². The lowest BCUT2D eigenvalue weighted by atomic mass is 10.1. The second-order valence-corrected chi connectivity index (χ2v) is 7.18. The Morgan fingerprint density at radius 2 is 1.84 bits per heavy atom. The van der Waals surface area contributed by atoms with Crippen molar-refractivity contribution >= 4 is 46.8 Å². The number of guanidine groups is 2. The molecule has 1 aromatic carbocycles. The summed E-state index contributed by atoms with van der Waals surface area (Å²) in [5, 5.41) is 10.9. The maximum atomic E-state index is 12.8. The number of para-hydroxylation sites is 1. The van der Waals surface area contributed by atoms with E-state index in [1.54, 1.807) is 0 Å². The van der Waals surface area contributed by atoms with Crippen LogP contribution in [0.2, 0.25) is 5.15 Å². The molecule has 0 aliphatic carbocycles. The van der Waals surface area contributed by atoms with Gasteiger partial charge in [0.15, 0.2) is 34.4 Å². The van der Waals surface area contributed by atoms with Crippen LogP contribution in [0, 0.1) is 5.41 Å². The third kappa shape index (κ3) is 6.87. The summed E-state index contributed by atoms with van der Waals surface area (Å²) in [6, 6.07) is 7.88. The zero-order valence-electron chi connectivity index (χ0n) is 17.5. The van der Waals surface area contributed by atoms with Gasteiger partial charge in [0.2, 0.25) is 0 Å². The van der Waals surface area contributed by atoms with Crippen molar-refractivity contribution in [2.45, 2.75) is 19.3 Å². The first-order chi connectivity index (χ1) is 15.2. The van der Waals surface area contributed by atoms with Crippen molar-refractivity contribution in [2.24, 2.45) is 22.2 Å². The molecule has 0 unspecified atom stereocenters. The maximum Gasteiger partial charge on any atom is 0.283 e. The fourth-order valence-corrected chi connectivity index (χ4v) is 3.06. The molecule has 0 aliphatic heterocycles. The predicted molar refractivity (Wildman–Crippen MR) is 127 cm³/mol. The fourth-order valence-electron chi connectivity index (χ4n) is 2.93. The third-order valence-corrected chi connectivity index (χ3v) is 4.74. The van der Waals surface area contributed by atoms with Crippen molar-refractivity contribution in [3.63, 3.8) is 0 Å². The summed E-state index contributed by atoms with van der Waals surface area (Å²) in [5.41, 5.74) is 29.4. The number of hydrogen-bond donors (Lipinski definition) is 7. The number of benzene rings is 1. The molecule has 12 N–H and O–H groups in total. The molecule has 32 heavy (non-hydrogen) atoms. The van der Waals surface area contributed by atoms with Gasteiger partial charge in [-0.1, -0.05) is 29.8 Å². The molecule has 1 heterocycles. The Balaban J connectivity index is 1.95. The molecule has 0 saturated heterocycles. The number of carbonyl (C=O) groups is 1. The van der Waals surface area contributed by atoms with E-state index in [4.69, 9.17) is 45.7 Å². The Hall–Kier alpha value is -3.80. The normalized spacial score (nSPS) is 10.4. The number of nitrogen functional groups attached to an aromatic ring is 2. The van der Waals surface area contributed by atoms with Gasteiger partial charge < -0.3 is 34.0 Å². The number of aromatic nitrogens is 2. The molecule has 0 radical (unpaired) electrons. The van der Waals surface area contributed by atoms with Crippen molar-refractivity contribution < 1.29 is 4.79 Å². The molecule has 2 rings (SSSR count). The van der Waals surface area contributed by atoms with Gasteiger partial charge in [0, 0.05) is 18.8 Å². The Labute approximate surface area is 190 Å². The number of halogens is 1. The van der Waals surface area contributed by atoms with Crippen LogP contribution in [0.5, 0.6) is 0 Å². The Morgan fingerprint density at radius 1 is 1.12 bits per heavy atom. The molecule has 0 spiro atoms. The van der Waals surface area contributed by atoms with Gasteiger partial charge in [0.1, 0.15) is 0 Å². The van der Waals surface area contributed by atoms with E-state index in [9.17, 15) is 4.79 Å². The molecule has 1 aromatic heterocycles. The van der Waals surface area contributed by atoms with Gasteiger partial charge in [-0.25, -0.2) is 9.97 Å². The molecular weight excluding hydrogens is 434 g/mol. The van der Waals surface area contributed by atoms with Crippen LogP contribution in [0.15, 0.2) is 29.3 Å². The summed E-state index contributed by atoms with van der Waals surface area (Å²) in [5.74, 6) is -1.29. The number of nitrogens with zero attached hydrogens (tertiary/aromatic N) is 4. The summed E-state index contributed by atoms with van der Waals surface area (Å²) in [7, 11) is 0. The third-order valence-electron chi connectivity index (χ3n) is 4.46. The zero-order chi connectivity index (χ0) is 23.7. The SMILES string of the molecule is N=C(N)N(CCCCc1ccccc1NCCN=C(N)N)C(=O)c1nc(Cl)c(N)nc1N. The molecule has 0 aliphatic rings. The standard InChI is InChI=1S/C19H28ClN11O/c20-14-16(22)30-15(21)13(29-14)17(32)31(19(25)26)10-4-3-6-11-5-1-2-7-12(11)27-8-9-28-18(23)24/h1-2,5,7,27H,3-4,6,8-10H2,(H3,25,26)(H4,21,22,30)(H4,23,24,28). The number of rotatable bonds is 10. The van der Waals surface area contributed by atoms with Crippen molar-refractivity contribution in [3.8, 4) is 0 Å². The van der Waals surface area contributed by atoms with Crippen molar-refractivity contribution in [3.05, 3.63) is 40.7 Å². The smallest absolute Gasteiger partial charge is 0.283 e. The number of aryl methyl sites for hydroxylation is 1. The van der Waals surface area contributed by atoms with Gasteiger partial charge in [0.25, 0.3) is 5.91 Å². The summed E-state index contributed by atoms with van der Waals surface area (Å²) in [6.07, 6.45) is 2.08. The summed E-state index contributed by atoms with van der Waals surface area (Å²) in [4.78, 5) is 25.5. The van der Waals surface area contributed by atoms with Gasteiger partial charge in [-0.15, -0.1) is 0 Å². The second-order valence-electron chi connectivity index (χ2n) is 6.82. The fraction of sp³-hybridized carbons (Fsp3) is 0.316.